The predicted molar refractivity (Wildman–Crippen MR) is 77.2 cm³/mol. The van der Waals surface area contributed by atoms with Crippen molar-refractivity contribution in [1.82, 2.24) is 4.90 Å². The van der Waals surface area contributed by atoms with E-state index in [0.717, 1.165) is 30.6 Å². The number of fused-ring (bicyclic) bond motifs is 1. The lowest BCUT2D eigenvalue weighted by Gasteiger charge is -2.23. The Morgan fingerprint density at radius 2 is 2.20 bits per heavy atom. The number of aliphatic carboxylic acids is 1. The molecule has 1 N–H and O–H groups in total. The topological polar surface area (TPSA) is 57.6 Å². The lowest BCUT2D eigenvalue weighted by Crippen LogP contribution is -2.38. The van der Waals surface area contributed by atoms with Crippen molar-refractivity contribution in [2.45, 2.75) is 45.1 Å². The summed E-state index contributed by atoms with van der Waals surface area (Å²) >= 11 is 1.60. The third kappa shape index (κ3) is 2.59. The molecule has 108 valence electrons. The van der Waals surface area contributed by atoms with Crippen molar-refractivity contribution >= 4 is 23.2 Å². The average molecular weight is 293 g/mol. The van der Waals surface area contributed by atoms with Crippen LogP contribution >= 0.6 is 11.3 Å². The van der Waals surface area contributed by atoms with Crippen LogP contribution in [-0.2, 0) is 17.6 Å². The maximum absolute atomic E-state index is 12.6. The highest BCUT2D eigenvalue weighted by atomic mass is 32.1. The van der Waals surface area contributed by atoms with Gasteiger partial charge in [-0.3, -0.25) is 9.59 Å². The van der Waals surface area contributed by atoms with Crippen molar-refractivity contribution in [3.8, 4) is 0 Å². The standard InChI is InChI=1S/C15H19NO3S/c1-9(15(18)19)8-16(11-5-6-11)14(17)13-7-10-3-2-4-12(10)20-13/h7,9,11H,2-6,8H2,1H3,(H,18,19). The highest BCUT2D eigenvalue weighted by Gasteiger charge is 2.35. The molecule has 0 aromatic carbocycles. The van der Waals surface area contributed by atoms with E-state index in [1.54, 1.807) is 23.2 Å². The molecular weight excluding hydrogens is 274 g/mol. The molecule has 1 atom stereocenters. The van der Waals surface area contributed by atoms with Crippen LogP contribution in [-0.4, -0.2) is 34.5 Å². The zero-order valence-corrected chi connectivity index (χ0v) is 12.4. The number of rotatable bonds is 5. The third-order valence-electron chi connectivity index (χ3n) is 4.10. The van der Waals surface area contributed by atoms with Crippen molar-refractivity contribution in [3.05, 3.63) is 21.4 Å². The van der Waals surface area contributed by atoms with Gasteiger partial charge in [0.25, 0.3) is 5.91 Å². The molecule has 2 aliphatic rings. The molecule has 1 aromatic heterocycles. The van der Waals surface area contributed by atoms with Gasteiger partial charge < -0.3 is 10.0 Å². The summed E-state index contributed by atoms with van der Waals surface area (Å²) in [6, 6.07) is 2.28. The van der Waals surface area contributed by atoms with E-state index in [1.807, 2.05) is 6.07 Å². The van der Waals surface area contributed by atoms with E-state index in [-0.39, 0.29) is 11.9 Å². The summed E-state index contributed by atoms with van der Waals surface area (Å²) < 4.78 is 0. The van der Waals surface area contributed by atoms with Gasteiger partial charge in [-0.1, -0.05) is 6.92 Å². The van der Waals surface area contributed by atoms with Crippen LogP contribution in [0.5, 0.6) is 0 Å². The van der Waals surface area contributed by atoms with Gasteiger partial charge in [0.05, 0.1) is 10.8 Å². The first-order valence-electron chi connectivity index (χ1n) is 7.21. The molecular formula is C15H19NO3S. The Balaban J connectivity index is 1.76. The quantitative estimate of drug-likeness (QED) is 0.907. The highest BCUT2D eigenvalue weighted by molar-refractivity contribution is 7.14. The Morgan fingerprint density at radius 3 is 2.80 bits per heavy atom. The van der Waals surface area contributed by atoms with Gasteiger partial charge in [0.1, 0.15) is 0 Å². The summed E-state index contributed by atoms with van der Waals surface area (Å²) in [7, 11) is 0. The summed E-state index contributed by atoms with van der Waals surface area (Å²) in [5, 5.41) is 9.05. The van der Waals surface area contributed by atoms with Crippen LogP contribution in [0.15, 0.2) is 6.07 Å². The second kappa shape index (κ2) is 5.20. The van der Waals surface area contributed by atoms with E-state index in [2.05, 4.69) is 0 Å². The largest absolute Gasteiger partial charge is 0.481 e. The first-order chi connectivity index (χ1) is 9.56. The Morgan fingerprint density at radius 1 is 1.45 bits per heavy atom. The van der Waals surface area contributed by atoms with Gasteiger partial charge >= 0.3 is 5.97 Å². The maximum Gasteiger partial charge on any atom is 0.308 e. The number of thiophene rings is 1. The fourth-order valence-electron chi connectivity index (χ4n) is 2.73. The molecule has 1 heterocycles. The molecule has 0 aliphatic heterocycles. The van der Waals surface area contributed by atoms with Gasteiger partial charge in [-0.05, 0) is 43.7 Å². The summed E-state index contributed by atoms with van der Waals surface area (Å²) in [5.74, 6) is -1.32. The Hall–Kier alpha value is -1.36. The Kier molecular flexibility index (Phi) is 3.54. The van der Waals surface area contributed by atoms with Gasteiger partial charge in [-0.15, -0.1) is 11.3 Å². The van der Waals surface area contributed by atoms with Crippen molar-refractivity contribution in [3.63, 3.8) is 0 Å². The van der Waals surface area contributed by atoms with E-state index in [9.17, 15) is 9.59 Å². The van der Waals surface area contributed by atoms with E-state index >= 15 is 0 Å². The van der Waals surface area contributed by atoms with Crippen LogP contribution in [0.1, 0.15) is 46.3 Å². The highest BCUT2D eigenvalue weighted by Crippen LogP contribution is 2.34. The molecule has 1 unspecified atom stereocenters. The zero-order valence-electron chi connectivity index (χ0n) is 11.6. The first-order valence-corrected chi connectivity index (χ1v) is 8.03. The molecule has 4 nitrogen and oxygen atoms in total. The van der Waals surface area contributed by atoms with E-state index < -0.39 is 11.9 Å². The summed E-state index contributed by atoms with van der Waals surface area (Å²) in [5.41, 5.74) is 1.32. The van der Waals surface area contributed by atoms with Crippen LogP contribution in [0.25, 0.3) is 0 Å². The molecule has 0 bridgehead atoms. The van der Waals surface area contributed by atoms with Crippen LogP contribution in [0.3, 0.4) is 0 Å². The van der Waals surface area contributed by atoms with Crippen molar-refractivity contribution < 1.29 is 14.7 Å². The fourth-order valence-corrected chi connectivity index (χ4v) is 3.94. The smallest absolute Gasteiger partial charge is 0.308 e. The van der Waals surface area contributed by atoms with Crippen LogP contribution in [0.2, 0.25) is 0 Å². The fraction of sp³-hybridized carbons (Fsp3) is 0.600. The third-order valence-corrected chi connectivity index (χ3v) is 5.32. The van der Waals surface area contributed by atoms with Crippen LogP contribution in [0.4, 0.5) is 0 Å². The Bertz CT molecular complexity index is 526. The van der Waals surface area contributed by atoms with Gasteiger partial charge in [0.2, 0.25) is 0 Å². The van der Waals surface area contributed by atoms with Crippen molar-refractivity contribution in [1.29, 1.82) is 0 Å². The number of carbonyl (C=O) groups excluding carboxylic acids is 1. The molecule has 1 saturated carbocycles. The molecule has 20 heavy (non-hydrogen) atoms. The summed E-state index contributed by atoms with van der Waals surface area (Å²) in [4.78, 5) is 27.6. The number of carbonyl (C=O) groups is 2. The zero-order chi connectivity index (χ0) is 14.3. The molecule has 5 heteroatoms. The SMILES string of the molecule is CC(CN(C(=O)c1cc2c(s1)CCC2)C1CC1)C(=O)O. The summed E-state index contributed by atoms with van der Waals surface area (Å²) in [6.07, 6.45) is 5.36. The van der Waals surface area contributed by atoms with Crippen LogP contribution < -0.4 is 0 Å². The molecule has 1 aromatic rings. The van der Waals surface area contributed by atoms with Crippen molar-refractivity contribution in [2.75, 3.05) is 6.54 Å². The first kappa shape index (κ1) is 13.6. The molecule has 2 aliphatic carbocycles. The normalized spacial score (nSPS) is 18.6. The lowest BCUT2D eigenvalue weighted by atomic mass is 10.1. The maximum atomic E-state index is 12.6. The number of aryl methyl sites for hydroxylation is 2. The van der Waals surface area contributed by atoms with E-state index in [0.29, 0.717) is 6.54 Å². The monoisotopic (exact) mass is 293 g/mol. The van der Waals surface area contributed by atoms with Crippen molar-refractivity contribution in [2.24, 2.45) is 5.92 Å². The number of hydrogen-bond acceptors (Lipinski definition) is 3. The second-order valence-electron chi connectivity index (χ2n) is 5.84. The average Bonchev–Trinajstić information content (AvgIpc) is 3.01. The van der Waals surface area contributed by atoms with E-state index in [1.165, 1.54) is 16.9 Å². The predicted octanol–water partition coefficient (Wildman–Crippen LogP) is 2.56. The number of carboxylic acids is 1. The number of carboxylic acid groups (broad SMARTS) is 1. The molecule has 1 fully saturated rings. The molecule has 3 rings (SSSR count). The number of nitrogens with zero attached hydrogens (tertiary/aromatic N) is 1. The summed E-state index contributed by atoms with van der Waals surface area (Å²) in [6.45, 7) is 1.99. The lowest BCUT2D eigenvalue weighted by molar-refractivity contribution is -0.141. The van der Waals surface area contributed by atoms with Gasteiger partial charge in [0.15, 0.2) is 0 Å². The Labute approximate surface area is 122 Å². The van der Waals surface area contributed by atoms with E-state index in [4.69, 9.17) is 5.11 Å². The number of amides is 1. The van der Waals surface area contributed by atoms with Gasteiger partial charge in [0, 0.05) is 17.5 Å². The van der Waals surface area contributed by atoms with Gasteiger partial charge in [-0.25, -0.2) is 0 Å². The minimum Gasteiger partial charge on any atom is -0.481 e. The molecule has 0 spiro atoms. The minimum absolute atomic E-state index is 0.0278. The minimum atomic E-state index is -0.836. The van der Waals surface area contributed by atoms with Crippen LogP contribution in [0, 0.1) is 5.92 Å². The number of hydrogen-bond donors (Lipinski definition) is 1. The molecule has 1 amide bonds. The molecule has 0 saturated heterocycles. The second-order valence-corrected chi connectivity index (χ2v) is 6.98. The molecule has 0 radical (unpaired) electrons. The van der Waals surface area contributed by atoms with Gasteiger partial charge in [-0.2, -0.15) is 0 Å².